The van der Waals surface area contributed by atoms with Gasteiger partial charge in [-0.2, -0.15) is 5.10 Å². The first-order chi connectivity index (χ1) is 7.90. The van der Waals surface area contributed by atoms with Crippen LogP contribution in [0, 0.1) is 23.7 Å². The van der Waals surface area contributed by atoms with Crippen LogP contribution in [0.15, 0.2) is 29.4 Å². The van der Waals surface area contributed by atoms with Crippen LogP contribution in [0.2, 0.25) is 0 Å². The maximum atomic E-state index is 6.50. The highest BCUT2D eigenvalue weighted by Crippen LogP contribution is 2.19. The first kappa shape index (κ1) is 13.6. The molecule has 0 spiro atoms. The van der Waals surface area contributed by atoms with Gasteiger partial charge < -0.3 is 5.84 Å². The van der Waals surface area contributed by atoms with Gasteiger partial charge in [0.25, 0.3) is 0 Å². The van der Waals surface area contributed by atoms with Crippen LogP contribution in [0.1, 0.15) is 5.01 Å². The number of hydrogen-bond acceptors (Lipinski definition) is 6. The Balaban J connectivity index is 0.000000509. The van der Waals surface area contributed by atoms with E-state index in [9.17, 15) is 0 Å². The molecule has 0 aliphatic heterocycles. The molecule has 0 fully saturated rings. The van der Waals surface area contributed by atoms with Crippen LogP contribution in [0.5, 0.6) is 0 Å². The standard InChI is InChI=1S/C8H7N3S.2CHN/c9-10-5-8-11-6-3-1-2-4-7(6)12-8;2*1-2/h1-5H,9H2;2*1H. The SMILES string of the molecule is C#N.C#N.NN=Cc1nc2ccccc2s1. The molecule has 2 rings (SSSR count). The van der Waals surface area contributed by atoms with Crippen LogP contribution in [-0.4, -0.2) is 11.2 Å². The third-order valence-electron chi connectivity index (χ3n) is 1.50. The Morgan fingerprint density at radius 3 is 2.44 bits per heavy atom. The average molecular weight is 231 g/mol. The number of thiazole rings is 1. The molecule has 0 radical (unpaired) electrons. The summed E-state index contributed by atoms with van der Waals surface area (Å²) in [6, 6.07) is 7.95. The van der Waals surface area contributed by atoms with Crippen LogP contribution in [0.4, 0.5) is 0 Å². The predicted octanol–water partition coefficient (Wildman–Crippen LogP) is 1.87. The number of hydrogen-bond donors (Lipinski definition) is 1. The lowest BCUT2D eigenvalue weighted by molar-refractivity contribution is 1.26. The summed E-state index contributed by atoms with van der Waals surface area (Å²) in [5.74, 6) is 5.02. The van der Waals surface area contributed by atoms with E-state index in [0.717, 1.165) is 15.2 Å². The minimum absolute atomic E-state index is 0.846. The molecule has 0 aliphatic rings. The van der Waals surface area contributed by atoms with E-state index >= 15 is 0 Å². The third kappa shape index (κ3) is 3.37. The van der Waals surface area contributed by atoms with Crippen LogP contribution >= 0.6 is 11.3 Å². The van der Waals surface area contributed by atoms with Crippen LogP contribution in [-0.2, 0) is 0 Å². The lowest BCUT2D eigenvalue weighted by Gasteiger charge is -1.80. The molecule has 0 aliphatic carbocycles. The zero-order chi connectivity index (χ0) is 12.4. The second kappa shape index (κ2) is 7.92. The number of nitrogens with zero attached hydrogens (tertiary/aromatic N) is 4. The highest BCUT2D eigenvalue weighted by molar-refractivity contribution is 7.20. The number of fused-ring (bicyclic) bond motifs is 1. The highest BCUT2D eigenvalue weighted by Gasteiger charge is 1.98. The molecule has 1 heterocycles. The number of benzene rings is 1. The van der Waals surface area contributed by atoms with Gasteiger partial charge in [0.05, 0.1) is 16.4 Å². The fourth-order valence-corrected chi connectivity index (χ4v) is 1.86. The second-order valence-electron chi connectivity index (χ2n) is 2.30. The smallest absolute Gasteiger partial charge is 0.137 e. The van der Waals surface area contributed by atoms with Gasteiger partial charge in [0.2, 0.25) is 0 Å². The first-order valence-corrected chi connectivity index (χ1v) is 4.82. The molecular weight excluding hydrogens is 222 g/mol. The lowest BCUT2D eigenvalue weighted by Crippen LogP contribution is -1.83. The molecule has 2 N–H and O–H groups in total. The molecule has 16 heavy (non-hydrogen) atoms. The molecule has 0 saturated heterocycles. The van der Waals surface area contributed by atoms with Crippen LogP contribution in [0.25, 0.3) is 10.2 Å². The van der Waals surface area contributed by atoms with Gasteiger partial charge in [-0.05, 0) is 12.1 Å². The van der Waals surface area contributed by atoms with E-state index in [4.69, 9.17) is 16.4 Å². The monoisotopic (exact) mass is 231 g/mol. The fraction of sp³-hybridized carbons (Fsp3) is 0. The van der Waals surface area contributed by atoms with Crippen molar-refractivity contribution in [1.29, 1.82) is 10.5 Å². The summed E-state index contributed by atoms with van der Waals surface area (Å²) in [4.78, 5) is 4.29. The van der Waals surface area contributed by atoms with Crippen molar-refractivity contribution >= 4 is 27.8 Å². The molecule has 0 saturated carbocycles. The molecule has 1 aromatic heterocycles. The van der Waals surface area contributed by atoms with Crippen molar-refractivity contribution in [3.63, 3.8) is 0 Å². The van der Waals surface area contributed by atoms with E-state index in [2.05, 4.69) is 23.2 Å². The Kier molecular flexibility index (Phi) is 6.71. The molecule has 6 heteroatoms. The molecule has 80 valence electrons. The Morgan fingerprint density at radius 1 is 1.25 bits per heavy atom. The van der Waals surface area contributed by atoms with Crippen molar-refractivity contribution in [2.45, 2.75) is 0 Å². The van der Waals surface area contributed by atoms with Gasteiger partial charge in [-0.15, -0.1) is 11.3 Å². The normalized spacial score (nSPS) is 8.75. The topological polar surface area (TPSA) is 98.8 Å². The van der Waals surface area contributed by atoms with Crippen molar-refractivity contribution in [1.82, 2.24) is 4.98 Å². The zero-order valence-electron chi connectivity index (χ0n) is 8.32. The Morgan fingerprint density at radius 2 is 1.88 bits per heavy atom. The van der Waals surface area contributed by atoms with Gasteiger partial charge >= 0.3 is 0 Å². The quantitative estimate of drug-likeness (QED) is 0.460. The molecule has 5 nitrogen and oxygen atoms in total. The third-order valence-corrected chi connectivity index (χ3v) is 2.47. The number of rotatable bonds is 1. The van der Waals surface area contributed by atoms with Gasteiger partial charge in [-0.3, -0.25) is 0 Å². The van der Waals surface area contributed by atoms with Crippen molar-refractivity contribution in [2.24, 2.45) is 10.9 Å². The van der Waals surface area contributed by atoms with Gasteiger partial charge in [0.15, 0.2) is 0 Å². The summed E-state index contributed by atoms with van der Waals surface area (Å²) in [5, 5.41) is 17.3. The molecule has 2 aromatic rings. The van der Waals surface area contributed by atoms with Crippen LogP contribution in [0.3, 0.4) is 0 Å². The molecule has 1 aromatic carbocycles. The largest absolute Gasteiger partial charge is 0.323 e. The van der Waals surface area contributed by atoms with Gasteiger partial charge in [0.1, 0.15) is 5.01 Å². The van der Waals surface area contributed by atoms with Crippen molar-refractivity contribution in [2.75, 3.05) is 0 Å². The minimum Gasteiger partial charge on any atom is -0.323 e. The van der Waals surface area contributed by atoms with Crippen molar-refractivity contribution in [3.8, 4) is 13.1 Å². The average Bonchev–Trinajstić information content (AvgIpc) is 2.77. The summed E-state index contributed by atoms with van der Waals surface area (Å²) in [6.45, 7) is 7.00. The number of hydrazone groups is 1. The lowest BCUT2D eigenvalue weighted by atomic mass is 10.3. The van der Waals surface area contributed by atoms with E-state index in [0.29, 0.717) is 0 Å². The summed E-state index contributed by atoms with van der Waals surface area (Å²) < 4.78 is 1.16. The van der Waals surface area contributed by atoms with Gasteiger partial charge in [0, 0.05) is 13.1 Å². The molecular formula is C10H9N5S. The number of nitrogens with two attached hydrogens (primary N) is 1. The van der Waals surface area contributed by atoms with E-state index in [1.54, 1.807) is 17.6 Å². The molecule has 0 amide bonds. The van der Waals surface area contributed by atoms with Crippen molar-refractivity contribution < 1.29 is 0 Å². The van der Waals surface area contributed by atoms with Gasteiger partial charge in [-0.1, -0.05) is 12.1 Å². The molecule has 0 bridgehead atoms. The number of para-hydroxylation sites is 1. The van der Waals surface area contributed by atoms with Crippen molar-refractivity contribution in [3.05, 3.63) is 29.3 Å². The number of nitriles is 2. The van der Waals surface area contributed by atoms with Crippen LogP contribution < -0.4 is 5.84 Å². The maximum absolute atomic E-state index is 6.50. The molecule has 0 atom stereocenters. The fourth-order valence-electron chi connectivity index (χ4n) is 1.01. The Labute approximate surface area is 97.1 Å². The minimum atomic E-state index is 0.846. The highest BCUT2D eigenvalue weighted by atomic mass is 32.1. The van der Waals surface area contributed by atoms with Gasteiger partial charge in [-0.25, -0.2) is 15.5 Å². The Hall–Kier alpha value is -2.44. The first-order valence-electron chi connectivity index (χ1n) is 4.00. The second-order valence-corrected chi connectivity index (χ2v) is 3.36. The summed E-state index contributed by atoms with van der Waals surface area (Å²) in [7, 11) is 0. The maximum Gasteiger partial charge on any atom is 0.137 e. The van der Waals surface area contributed by atoms with E-state index in [1.165, 1.54) is 0 Å². The summed E-state index contributed by atoms with van der Waals surface area (Å²) in [5.41, 5.74) is 0.998. The predicted molar refractivity (Wildman–Crippen MR) is 64.7 cm³/mol. The Bertz CT molecular complexity index is 458. The summed E-state index contributed by atoms with van der Waals surface area (Å²) >= 11 is 1.58. The zero-order valence-corrected chi connectivity index (χ0v) is 9.13. The van der Waals surface area contributed by atoms with E-state index in [1.807, 2.05) is 24.3 Å². The summed E-state index contributed by atoms with van der Waals surface area (Å²) in [6.07, 6.45) is 1.56. The number of aromatic nitrogens is 1. The van der Waals surface area contributed by atoms with E-state index < -0.39 is 0 Å². The van der Waals surface area contributed by atoms with E-state index in [-0.39, 0.29) is 0 Å². The molecule has 0 unspecified atom stereocenters.